The smallest absolute Gasteiger partial charge is 0.0471 e. The summed E-state index contributed by atoms with van der Waals surface area (Å²) in [6, 6.07) is 7.08. The highest BCUT2D eigenvalue weighted by atomic mass is 15.0. The van der Waals surface area contributed by atoms with Crippen LogP contribution in [0.1, 0.15) is 24.0 Å². The minimum atomic E-state index is 0.776. The zero-order valence-corrected chi connectivity index (χ0v) is 9.84. The van der Waals surface area contributed by atoms with Crippen LogP contribution in [0.15, 0.2) is 43.0 Å². The molecule has 0 unspecified atom stereocenters. The summed E-state index contributed by atoms with van der Waals surface area (Å²) < 4.78 is 2.22. The number of rotatable bonds is 5. The predicted octanol–water partition coefficient (Wildman–Crippen LogP) is 2.18. The van der Waals surface area contributed by atoms with Crippen molar-refractivity contribution in [2.24, 2.45) is 0 Å². The summed E-state index contributed by atoms with van der Waals surface area (Å²) >= 11 is 0. The largest absolute Gasteiger partial charge is 0.350 e. The lowest BCUT2D eigenvalue weighted by Crippen LogP contribution is -2.14. The zero-order chi connectivity index (χ0) is 11.5. The van der Waals surface area contributed by atoms with Crippen LogP contribution in [0.2, 0.25) is 0 Å². The minimum absolute atomic E-state index is 0.776. The van der Waals surface area contributed by atoms with Crippen molar-refractivity contribution in [2.45, 2.75) is 32.0 Å². The first kappa shape index (κ1) is 10.5. The molecule has 0 amide bonds. The molecule has 1 saturated carbocycles. The van der Waals surface area contributed by atoms with Crippen LogP contribution in [0.4, 0.5) is 0 Å². The van der Waals surface area contributed by atoms with Crippen LogP contribution in [0.25, 0.3) is 0 Å². The lowest BCUT2D eigenvalue weighted by Gasteiger charge is -2.02. The average Bonchev–Trinajstić information content (AvgIpc) is 3.09. The van der Waals surface area contributed by atoms with Gasteiger partial charge in [-0.2, -0.15) is 0 Å². The van der Waals surface area contributed by atoms with E-state index in [0.29, 0.717) is 0 Å². The Hall–Kier alpha value is -1.61. The molecule has 0 radical (unpaired) electrons. The van der Waals surface area contributed by atoms with E-state index in [1.54, 1.807) is 0 Å². The Kier molecular flexibility index (Phi) is 2.92. The minimum Gasteiger partial charge on any atom is -0.350 e. The molecular weight excluding hydrogens is 210 g/mol. The van der Waals surface area contributed by atoms with E-state index in [9.17, 15) is 0 Å². The van der Waals surface area contributed by atoms with Gasteiger partial charge in [0.15, 0.2) is 0 Å². The number of hydrogen-bond donors (Lipinski definition) is 1. The highest BCUT2D eigenvalue weighted by molar-refractivity contribution is 5.15. The van der Waals surface area contributed by atoms with Crippen molar-refractivity contribution in [1.82, 2.24) is 14.9 Å². The first-order valence-electron chi connectivity index (χ1n) is 6.17. The van der Waals surface area contributed by atoms with E-state index < -0.39 is 0 Å². The van der Waals surface area contributed by atoms with Gasteiger partial charge >= 0.3 is 0 Å². The second-order valence-electron chi connectivity index (χ2n) is 4.70. The molecule has 2 aromatic rings. The van der Waals surface area contributed by atoms with Crippen molar-refractivity contribution in [2.75, 3.05) is 0 Å². The number of aromatic nitrogens is 2. The predicted molar refractivity (Wildman–Crippen MR) is 67.6 cm³/mol. The number of nitrogens with one attached hydrogen (secondary N) is 1. The molecule has 1 fully saturated rings. The molecule has 17 heavy (non-hydrogen) atoms. The molecule has 3 rings (SSSR count). The maximum atomic E-state index is 4.03. The van der Waals surface area contributed by atoms with Crippen LogP contribution in [-0.2, 0) is 13.1 Å². The van der Waals surface area contributed by atoms with Gasteiger partial charge in [-0.05, 0) is 42.2 Å². The summed E-state index contributed by atoms with van der Waals surface area (Å²) in [6.45, 7) is 1.92. The molecule has 3 nitrogen and oxygen atoms in total. The lowest BCUT2D eigenvalue weighted by molar-refractivity contribution is 0.685. The fourth-order valence-corrected chi connectivity index (χ4v) is 1.94. The summed E-state index contributed by atoms with van der Waals surface area (Å²) in [5, 5.41) is 3.53. The van der Waals surface area contributed by atoms with Crippen molar-refractivity contribution in [3.05, 3.63) is 54.1 Å². The SMILES string of the molecule is c1cc(Cn2ccc(CNC3CC3)c2)ccn1. The molecule has 88 valence electrons. The quantitative estimate of drug-likeness (QED) is 0.848. The molecule has 0 spiro atoms. The van der Waals surface area contributed by atoms with Crippen LogP contribution in [0.3, 0.4) is 0 Å². The summed E-state index contributed by atoms with van der Waals surface area (Å²) in [5.41, 5.74) is 2.66. The Morgan fingerprint density at radius 3 is 2.76 bits per heavy atom. The standard InChI is InChI=1S/C14H17N3/c1-2-14(1)16-9-13-5-8-17(11-13)10-12-3-6-15-7-4-12/h3-8,11,14,16H,1-2,9-10H2. The number of hydrogen-bond acceptors (Lipinski definition) is 2. The topological polar surface area (TPSA) is 29.9 Å². The fraction of sp³-hybridized carbons (Fsp3) is 0.357. The Balaban J connectivity index is 1.59. The number of pyridine rings is 1. The second kappa shape index (κ2) is 4.72. The van der Waals surface area contributed by atoms with Gasteiger partial charge in [0.25, 0.3) is 0 Å². The fourth-order valence-electron chi connectivity index (χ4n) is 1.94. The molecule has 3 heteroatoms. The molecule has 1 aliphatic carbocycles. The van der Waals surface area contributed by atoms with E-state index in [2.05, 4.69) is 45.5 Å². The Morgan fingerprint density at radius 1 is 1.18 bits per heavy atom. The van der Waals surface area contributed by atoms with E-state index >= 15 is 0 Å². The van der Waals surface area contributed by atoms with Gasteiger partial charge in [-0.25, -0.2) is 0 Å². The monoisotopic (exact) mass is 227 g/mol. The summed E-state index contributed by atoms with van der Waals surface area (Å²) in [7, 11) is 0. The molecule has 2 aromatic heterocycles. The van der Waals surface area contributed by atoms with E-state index in [-0.39, 0.29) is 0 Å². The number of nitrogens with zero attached hydrogens (tertiary/aromatic N) is 2. The molecule has 1 aliphatic rings. The highest BCUT2D eigenvalue weighted by Crippen LogP contribution is 2.19. The van der Waals surface area contributed by atoms with Gasteiger partial charge in [0.05, 0.1) is 0 Å². The third kappa shape index (κ3) is 2.94. The van der Waals surface area contributed by atoms with E-state index in [1.165, 1.54) is 24.0 Å². The average molecular weight is 227 g/mol. The van der Waals surface area contributed by atoms with Crippen molar-refractivity contribution >= 4 is 0 Å². The van der Waals surface area contributed by atoms with E-state index in [0.717, 1.165) is 19.1 Å². The zero-order valence-electron chi connectivity index (χ0n) is 9.84. The molecule has 0 atom stereocenters. The van der Waals surface area contributed by atoms with Crippen molar-refractivity contribution < 1.29 is 0 Å². The van der Waals surface area contributed by atoms with Crippen molar-refractivity contribution in [3.8, 4) is 0 Å². The van der Waals surface area contributed by atoms with Gasteiger partial charge in [0.2, 0.25) is 0 Å². The second-order valence-corrected chi connectivity index (χ2v) is 4.70. The molecule has 0 saturated heterocycles. The van der Waals surface area contributed by atoms with E-state index in [4.69, 9.17) is 0 Å². The van der Waals surface area contributed by atoms with Crippen LogP contribution < -0.4 is 5.32 Å². The Labute approximate surface area is 101 Å². The first-order valence-corrected chi connectivity index (χ1v) is 6.17. The van der Waals surface area contributed by atoms with Crippen LogP contribution in [0, 0.1) is 0 Å². The molecule has 0 aromatic carbocycles. The first-order chi connectivity index (χ1) is 8.40. The maximum absolute atomic E-state index is 4.03. The normalized spacial score (nSPS) is 15.1. The van der Waals surface area contributed by atoms with Gasteiger partial charge in [-0.15, -0.1) is 0 Å². The molecular formula is C14H17N3. The Morgan fingerprint density at radius 2 is 2.00 bits per heavy atom. The third-order valence-corrected chi connectivity index (χ3v) is 3.10. The molecule has 1 N–H and O–H groups in total. The van der Waals surface area contributed by atoms with Crippen LogP contribution in [-0.4, -0.2) is 15.6 Å². The molecule has 0 bridgehead atoms. The van der Waals surface area contributed by atoms with Crippen molar-refractivity contribution in [1.29, 1.82) is 0 Å². The van der Waals surface area contributed by atoms with Crippen molar-refractivity contribution in [3.63, 3.8) is 0 Å². The van der Waals surface area contributed by atoms with Crippen LogP contribution in [0.5, 0.6) is 0 Å². The van der Waals surface area contributed by atoms with Gasteiger partial charge in [-0.1, -0.05) is 0 Å². The third-order valence-electron chi connectivity index (χ3n) is 3.10. The summed E-state index contributed by atoms with van der Waals surface area (Å²) in [5.74, 6) is 0. The highest BCUT2D eigenvalue weighted by Gasteiger charge is 2.19. The maximum Gasteiger partial charge on any atom is 0.0471 e. The lowest BCUT2D eigenvalue weighted by atomic mass is 10.3. The Bertz CT molecular complexity index is 471. The van der Waals surface area contributed by atoms with E-state index in [1.807, 2.05) is 12.4 Å². The summed E-state index contributed by atoms with van der Waals surface area (Å²) in [4.78, 5) is 4.03. The van der Waals surface area contributed by atoms with Gasteiger partial charge in [-0.3, -0.25) is 4.98 Å². The van der Waals surface area contributed by atoms with Gasteiger partial charge in [0.1, 0.15) is 0 Å². The van der Waals surface area contributed by atoms with Crippen LogP contribution >= 0.6 is 0 Å². The summed E-state index contributed by atoms with van der Waals surface area (Å²) in [6.07, 6.45) is 10.7. The van der Waals surface area contributed by atoms with Gasteiger partial charge in [0, 0.05) is 43.9 Å². The van der Waals surface area contributed by atoms with Gasteiger partial charge < -0.3 is 9.88 Å². The molecule has 2 heterocycles. The molecule has 0 aliphatic heterocycles.